The van der Waals surface area contributed by atoms with E-state index in [2.05, 4.69) is 5.32 Å². The van der Waals surface area contributed by atoms with E-state index in [9.17, 15) is 9.59 Å². The van der Waals surface area contributed by atoms with Crippen LogP contribution in [-0.4, -0.2) is 53.7 Å². The van der Waals surface area contributed by atoms with Gasteiger partial charge in [-0.3, -0.25) is 4.79 Å². The summed E-state index contributed by atoms with van der Waals surface area (Å²) in [5.74, 6) is -1.16. The maximum atomic E-state index is 10.6. The molecule has 0 radical (unpaired) electrons. The minimum atomic E-state index is -0.977. The van der Waals surface area contributed by atoms with Crippen LogP contribution < -0.4 is 5.32 Å². The fourth-order valence-corrected chi connectivity index (χ4v) is 1.43. The summed E-state index contributed by atoms with van der Waals surface area (Å²) in [5, 5.41) is 19.8. The third kappa shape index (κ3) is 9.07. The van der Waals surface area contributed by atoms with Crippen LogP contribution in [0.1, 0.15) is 24.2 Å². The third-order valence-corrected chi connectivity index (χ3v) is 2.08. The number of rotatable bonds is 4. The number of aliphatic hydroxyl groups excluding tert-OH is 1. The number of carboxylic acid groups (broad SMARTS) is 1. The average molecular weight is 282 g/mol. The molecule has 112 valence electrons. The highest BCUT2D eigenvalue weighted by atomic mass is 16.4. The first-order valence-corrected chi connectivity index (χ1v) is 6.16. The Kier molecular flexibility index (Phi) is 8.19. The number of anilines is 1. The van der Waals surface area contributed by atoms with E-state index < -0.39 is 5.97 Å². The molecule has 6 heteroatoms. The van der Waals surface area contributed by atoms with Crippen molar-refractivity contribution in [3.05, 3.63) is 29.8 Å². The lowest BCUT2D eigenvalue weighted by Crippen LogP contribution is -2.22. The van der Waals surface area contributed by atoms with Gasteiger partial charge in [0.25, 0.3) is 0 Å². The van der Waals surface area contributed by atoms with Crippen LogP contribution in [0.3, 0.4) is 0 Å². The molecule has 1 rings (SSSR count). The molecule has 0 spiro atoms. The minimum Gasteiger partial charge on any atom is -0.478 e. The molecular weight excluding hydrogens is 260 g/mol. The van der Waals surface area contributed by atoms with Gasteiger partial charge in [0, 0.05) is 19.2 Å². The second-order valence-electron chi connectivity index (χ2n) is 4.67. The van der Waals surface area contributed by atoms with Gasteiger partial charge in [-0.2, -0.15) is 0 Å². The van der Waals surface area contributed by atoms with Crippen LogP contribution in [0, 0.1) is 0 Å². The molecule has 0 aliphatic rings. The molecule has 0 aliphatic carbocycles. The van der Waals surface area contributed by atoms with Gasteiger partial charge in [0.1, 0.15) is 0 Å². The number of benzene rings is 1. The Balaban J connectivity index is 0.000000441. The van der Waals surface area contributed by atoms with Gasteiger partial charge < -0.3 is 20.4 Å². The van der Waals surface area contributed by atoms with Gasteiger partial charge in [0.2, 0.25) is 5.91 Å². The van der Waals surface area contributed by atoms with Crippen LogP contribution in [0.15, 0.2) is 24.3 Å². The molecular formula is C14H22N2O4. The van der Waals surface area contributed by atoms with E-state index in [-0.39, 0.29) is 17.6 Å². The maximum Gasteiger partial charge on any atom is 0.335 e. The number of nitrogens with zero attached hydrogens (tertiary/aromatic N) is 1. The normalized spacial score (nSPS) is 11.3. The Morgan fingerprint density at radius 1 is 1.25 bits per heavy atom. The quantitative estimate of drug-likeness (QED) is 0.774. The molecule has 20 heavy (non-hydrogen) atoms. The Labute approximate surface area is 119 Å². The highest BCUT2D eigenvalue weighted by molar-refractivity contribution is 5.91. The maximum absolute atomic E-state index is 10.6. The number of hydrogen-bond donors (Lipinski definition) is 3. The van der Waals surface area contributed by atoms with Crippen molar-refractivity contribution in [3.63, 3.8) is 0 Å². The molecule has 1 aromatic rings. The first-order chi connectivity index (χ1) is 9.22. The largest absolute Gasteiger partial charge is 0.478 e. The van der Waals surface area contributed by atoms with E-state index in [4.69, 9.17) is 10.2 Å². The van der Waals surface area contributed by atoms with Crippen LogP contribution in [0.25, 0.3) is 0 Å². The molecule has 0 unspecified atom stereocenters. The van der Waals surface area contributed by atoms with E-state index >= 15 is 0 Å². The van der Waals surface area contributed by atoms with Crippen molar-refractivity contribution in [2.24, 2.45) is 0 Å². The van der Waals surface area contributed by atoms with Crippen molar-refractivity contribution < 1.29 is 19.8 Å². The highest BCUT2D eigenvalue weighted by Gasteiger charge is 2.01. The number of carbonyl (C=O) groups is 2. The Hall–Kier alpha value is -1.92. The summed E-state index contributed by atoms with van der Waals surface area (Å²) in [4.78, 5) is 23.0. The second kappa shape index (κ2) is 9.06. The zero-order valence-electron chi connectivity index (χ0n) is 12.3. The third-order valence-electron chi connectivity index (χ3n) is 2.08. The predicted octanol–water partition coefficient (Wildman–Crippen LogP) is 1.27. The van der Waals surface area contributed by atoms with Crippen molar-refractivity contribution >= 4 is 17.6 Å². The number of carboxylic acids is 1. The monoisotopic (exact) mass is 282 g/mol. The molecule has 1 aromatic carbocycles. The van der Waals surface area contributed by atoms with Gasteiger partial charge in [0.05, 0.1) is 11.7 Å². The van der Waals surface area contributed by atoms with Gasteiger partial charge in [0.15, 0.2) is 0 Å². The molecule has 3 N–H and O–H groups in total. The van der Waals surface area contributed by atoms with Crippen molar-refractivity contribution in [3.8, 4) is 0 Å². The Morgan fingerprint density at radius 2 is 1.75 bits per heavy atom. The first kappa shape index (κ1) is 18.1. The molecule has 0 aromatic heterocycles. The number of aromatic carboxylic acids is 1. The summed E-state index contributed by atoms with van der Waals surface area (Å²) in [6.07, 6.45) is -0.199. The van der Waals surface area contributed by atoms with Crippen molar-refractivity contribution in [2.45, 2.75) is 20.0 Å². The lowest BCUT2D eigenvalue weighted by atomic mass is 10.2. The van der Waals surface area contributed by atoms with Crippen LogP contribution >= 0.6 is 0 Å². The smallest absolute Gasteiger partial charge is 0.335 e. The van der Waals surface area contributed by atoms with Gasteiger partial charge in [-0.1, -0.05) is 0 Å². The minimum absolute atomic E-state index is 0.178. The SMILES string of the molecule is CC(=O)Nc1ccc(C(=O)O)cc1.C[C@H](O)CN(C)C. The lowest BCUT2D eigenvalue weighted by Gasteiger charge is -2.10. The molecule has 0 heterocycles. The van der Waals surface area contributed by atoms with E-state index in [0.29, 0.717) is 5.69 Å². The van der Waals surface area contributed by atoms with Crippen LogP contribution in [-0.2, 0) is 4.79 Å². The number of likely N-dealkylation sites (N-methyl/N-ethyl adjacent to an activating group) is 1. The number of hydrogen-bond acceptors (Lipinski definition) is 4. The van der Waals surface area contributed by atoms with E-state index in [1.165, 1.54) is 19.1 Å². The number of nitrogens with one attached hydrogen (secondary N) is 1. The van der Waals surface area contributed by atoms with E-state index in [1.54, 1.807) is 19.1 Å². The zero-order valence-corrected chi connectivity index (χ0v) is 12.3. The van der Waals surface area contributed by atoms with Gasteiger partial charge in [-0.15, -0.1) is 0 Å². The number of carbonyl (C=O) groups excluding carboxylic acids is 1. The van der Waals surface area contributed by atoms with Crippen molar-refractivity contribution in [1.82, 2.24) is 4.90 Å². The van der Waals surface area contributed by atoms with Gasteiger partial charge >= 0.3 is 5.97 Å². The lowest BCUT2D eigenvalue weighted by molar-refractivity contribution is -0.114. The summed E-state index contributed by atoms with van der Waals surface area (Å²) < 4.78 is 0. The highest BCUT2D eigenvalue weighted by Crippen LogP contribution is 2.08. The topological polar surface area (TPSA) is 89.9 Å². The summed E-state index contributed by atoms with van der Waals surface area (Å²) >= 11 is 0. The molecule has 0 saturated carbocycles. The average Bonchev–Trinajstić information content (AvgIpc) is 2.27. The molecule has 0 fully saturated rings. The summed E-state index contributed by atoms with van der Waals surface area (Å²) in [6, 6.07) is 5.97. The number of aliphatic hydroxyl groups is 1. The Bertz CT molecular complexity index is 421. The van der Waals surface area contributed by atoms with Gasteiger partial charge in [-0.05, 0) is 45.3 Å². The Morgan fingerprint density at radius 3 is 2.00 bits per heavy atom. The zero-order chi connectivity index (χ0) is 15.7. The summed E-state index contributed by atoms with van der Waals surface area (Å²) in [5.41, 5.74) is 0.798. The second-order valence-corrected chi connectivity index (χ2v) is 4.67. The standard InChI is InChI=1S/C9H9NO3.C5H13NO/c1-6(11)10-8-4-2-7(3-5-8)9(12)13;1-5(7)4-6(2)3/h2-5H,1H3,(H,10,11)(H,12,13);5,7H,4H2,1-3H3/t;5-/m.0/s1. The van der Waals surface area contributed by atoms with Crippen LogP contribution in [0.5, 0.6) is 0 Å². The molecule has 1 amide bonds. The fourth-order valence-electron chi connectivity index (χ4n) is 1.43. The van der Waals surface area contributed by atoms with E-state index in [1.807, 2.05) is 19.0 Å². The molecule has 0 saturated heterocycles. The van der Waals surface area contributed by atoms with Crippen molar-refractivity contribution in [2.75, 3.05) is 26.0 Å². The molecule has 6 nitrogen and oxygen atoms in total. The fraction of sp³-hybridized carbons (Fsp3) is 0.429. The van der Waals surface area contributed by atoms with E-state index in [0.717, 1.165) is 6.54 Å². The van der Waals surface area contributed by atoms with Crippen molar-refractivity contribution in [1.29, 1.82) is 0 Å². The first-order valence-electron chi connectivity index (χ1n) is 6.16. The summed E-state index contributed by atoms with van der Waals surface area (Å²) in [7, 11) is 3.87. The van der Waals surface area contributed by atoms with Crippen LogP contribution in [0.4, 0.5) is 5.69 Å². The molecule has 0 aliphatic heterocycles. The summed E-state index contributed by atoms with van der Waals surface area (Å²) in [6.45, 7) is 3.92. The molecule has 1 atom stereocenters. The molecule has 0 bridgehead atoms. The number of amides is 1. The predicted molar refractivity (Wildman–Crippen MR) is 77.9 cm³/mol. The van der Waals surface area contributed by atoms with Gasteiger partial charge in [-0.25, -0.2) is 4.79 Å². The van der Waals surface area contributed by atoms with Crippen LogP contribution in [0.2, 0.25) is 0 Å².